The molecular weight excluding hydrogens is 214 g/mol. The van der Waals surface area contributed by atoms with Gasteiger partial charge in [-0.2, -0.15) is 5.26 Å². The Balaban J connectivity index is 2.74. The molecule has 1 aromatic rings. The summed E-state index contributed by atoms with van der Waals surface area (Å²) >= 11 is 0. The molecule has 0 bridgehead atoms. The molecule has 1 aromatic heterocycles. The van der Waals surface area contributed by atoms with Crippen LogP contribution in [0.15, 0.2) is 6.07 Å². The molecular formula is C13H21N3O. The van der Waals surface area contributed by atoms with Crippen LogP contribution in [0.25, 0.3) is 0 Å². The number of nitrogens with zero attached hydrogens (tertiary/aromatic N) is 2. The Bertz CT molecular complexity index is 427. The monoisotopic (exact) mass is 235 g/mol. The summed E-state index contributed by atoms with van der Waals surface area (Å²) < 4.78 is 7.07. The fraction of sp³-hybridized carbons (Fsp3) is 0.615. The Hall–Kier alpha value is -1.31. The van der Waals surface area contributed by atoms with Crippen molar-refractivity contribution in [3.05, 3.63) is 23.0 Å². The van der Waals surface area contributed by atoms with Crippen molar-refractivity contribution in [2.45, 2.75) is 32.9 Å². The smallest absolute Gasteiger partial charge is 0.120 e. The average Bonchev–Trinajstić information content (AvgIpc) is 2.53. The zero-order chi connectivity index (χ0) is 13.1. The highest BCUT2D eigenvalue weighted by atomic mass is 16.5. The molecule has 94 valence electrons. The quantitative estimate of drug-likeness (QED) is 0.845. The fourth-order valence-corrected chi connectivity index (χ4v) is 1.79. The number of hydrogen-bond donors (Lipinski definition) is 1. The molecule has 0 unspecified atom stereocenters. The van der Waals surface area contributed by atoms with Crippen molar-refractivity contribution in [1.82, 2.24) is 9.88 Å². The lowest BCUT2D eigenvalue weighted by Crippen LogP contribution is -2.42. The molecule has 4 heteroatoms. The van der Waals surface area contributed by atoms with Gasteiger partial charge in [-0.1, -0.05) is 0 Å². The van der Waals surface area contributed by atoms with E-state index in [1.165, 1.54) is 0 Å². The van der Waals surface area contributed by atoms with Gasteiger partial charge in [0, 0.05) is 31.9 Å². The Kier molecular flexibility index (Phi) is 4.33. The van der Waals surface area contributed by atoms with Gasteiger partial charge in [-0.25, -0.2) is 0 Å². The highest BCUT2D eigenvalue weighted by Crippen LogP contribution is 2.14. The first-order valence-corrected chi connectivity index (χ1v) is 5.70. The van der Waals surface area contributed by atoms with Crippen molar-refractivity contribution in [2.75, 3.05) is 13.7 Å². The zero-order valence-corrected chi connectivity index (χ0v) is 11.3. The van der Waals surface area contributed by atoms with E-state index in [-0.39, 0.29) is 5.54 Å². The van der Waals surface area contributed by atoms with E-state index in [2.05, 4.69) is 25.2 Å². The van der Waals surface area contributed by atoms with Gasteiger partial charge in [0.1, 0.15) is 11.8 Å². The second-order valence-electron chi connectivity index (χ2n) is 4.98. The molecule has 0 aliphatic rings. The minimum atomic E-state index is -0.0656. The van der Waals surface area contributed by atoms with Crippen molar-refractivity contribution in [3.63, 3.8) is 0 Å². The first kappa shape index (κ1) is 13.8. The van der Waals surface area contributed by atoms with E-state index in [1.807, 2.05) is 24.6 Å². The van der Waals surface area contributed by atoms with Gasteiger partial charge in [0.15, 0.2) is 0 Å². The standard InChI is InChI=1S/C13H21N3O/c1-10-11(6-12(7-14)16(10)4)8-15-13(2,3)9-17-5/h6,15H,8-9H2,1-5H3. The fourth-order valence-electron chi connectivity index (χ4n) is 1.79. The summed E-state index contributed by atoms with van der Waals surface area (Å²) in [5, 5.41) is 12.4. The van der Waals surface area contributed by atoms with E-state index in [0.717, 1.165) is 17.8 Å². The maximum absolute atomic E-state index is 8.96. The van der Waals surface area contributed by atoms with Gasteiger partial charge in [-0.3, -0.25) is 0 Å². The molecule has 0 amide bonds. The third-order valence-corrected chi connectivity index (χ3v) is 3.02. The highest BCUT2D eigenvalue weighted by molar-refractivity contribution is 5.34. The molecule has 1 rings (SSSR count). The number of aromatic nitrogens is 1. The van der Waals surface area contributed by atoms with E-state index in [9.17, 15) is 0 Å². The third-order valence-electron chi connectivity index (χ3n) is 3.02. The van der Waals surface area contributed by atoms with Crippen molar-refractivity contribution in [3.8, 4) is 6.07 Å². The van der Waals surface area contributed by atoms with E-state index in [0.29, 0.717) is 12.3 Å². The molecule has 0 aliphatic carbocycles. The van der Waals surface area contributed by atoms with Crippen LogP contribution in [0, 0.1) is 18.3 Å². The molecule has 1 N–H and O–H groups in total. The molecule has 17 heavy (non-hydrogen) atoms. The molecule has 0 saturated carbocycles. The van der Waals surface area contributed by atoms with E-state index < -0.39 is 0 Å². The summed E-state index contributed by atoms with van der Waals surface area (Å²) in [5.74, 6) is 0. The van der Waals surface area contributed by atoms with Gasteiger partial charge in [0.2, 0.25) is 0 Å². The van der Waals surface area contributed by atoms with Crippen LogP contribution in [0.5, 0.6) is 0 Å². The molecule has 1 heterocycles. The van der Waals surface area contributed by atoms with Crippen LogP contribution in [0.2, 0.25) is 0 Å². The largest absolute Gasteiger partial charge is 0.383 e. The normalized spacial score (nSPS) is 11.5. The molecule has 4 nitrogen and oxygen atoms in total. The predicted molar refractivity (Wildman–Crippen MR) is 67.7 cm³/mol. The first-order valence-electron chi connectivity index (χ1n) is 5.70. The molecule has 0 aromatic carbocycles. The van der Waals surface area contributed by atoms with Gasteiger partial charge in [-0.05, 0) is 32.4 Å². The van der Waals surface area contributed by atoms with Crippen LogP contribution >= 0.6 is 0 Å². The van der Waals surface area contributed by atoms with Crippen LogP contribution in [0.3, 0.4) is 0 Å². The molecule has 0 spiro atoms. The number of hydrogen-bond acceptors (Lipinski definition) is 3. The topological polar surface area (TPSA) is 50.0 Å². The van der Waals surface area contributed by atoms with Gasteiger partial charge >= 0.3 is 0 Å². The van der Waals surface area contributed by atoms with Crippen LogP contribution in [-0.2, 0) is 18.3 Å². The molecule has 0 fully saturated rings. The number of methoxy groups -OCH3 is 1. The van der Waals surface area contributed by atoms with E-state index in [4.69, 9.17) is 10.00 Å². The Morgan fingerprint density at radius 1 is 1.53 bits per heavy atom. The van der Waals surface area contributed by atoms with E-state index in [1.54, 1.807) is 7.11 Å². The number of rotatable bonds is 5. The van der Waals surface area contributed by atoms with Crippen molar-refractivity contribution >= 4 is 0 Å². The maximum Gasteiger partial charge on any atom is 0.120 e. The van der Waals surface area contributed by atoms with E-state index >= 15 is 0 Å². The SMILES string of the molecule is COCC(C)(C)NCc1cc(C#N)n(C)c1C. The molecule has 0 saturated heterocycles. The lowest BCUT2D eigenvalue weighted by Gasteiger charge is -2.25. The maximum atomic E-state index is 8.96. The minimum Gasteiger partial charge on any atom is -0.383 e. The minimum absolute atomic E-state index is 0.0656. The molecule has 0 atom stereocenters. The first-order chi connectivity index (χ1) is 7.91. The van der Waals surface area contributed by atoms with Crippen molar-refractivity contribution in [2.24, 2.45) is 7.05 Å². The van der Waals surface area contributed by atoms with Crippen molar-refractivity contribution in [1.29, 1.82) is 5.26 Å². The summed E-state index contributed by atoms with van der Waals surface area (Å²) in [7, 11) is 3.61. The summed E-state index contributed by atoms with van der Waals surface area (Å²) in [6.07, 6.45) is 0. The number of nitriles is 1. The second-order valence-corrected chi connectivity index (χ2v) is 4.98. The average molecular weight is 235 g/mol. The van der Waals surface area contributed by atoms with Crippen LogP contribution in [0.1, 0.15) is 30.8 Å². The predicted octanol–water partition coefficient (Wildman–Crippen LogP) is 1.72. The second kappa shape index (κ2) is 5.35. The highest BCUT2D eigenvalue weighted by Gasteiger charge is 2.17. The number of nitrogens with one attached hydrogen (secondary N) is 1. The Morgan fingerprint density at radius 3 is 2.65 bits per heavy atom. The lowest BCUT2D eigenvalue weighted by molar-refractivity contribution is 0.127. The molecule has 0 radical (unpaired) electrons. The summed E-state index contributed by atoms with van der Waals surface area (Å²) in [4.78, 5) is 0. The summed E-state index contributed by atoms with van der Waals surface area (Å²) in [6, 6.07) is 4.13. The van der Waals surface area contributed by atoms with Gasteiger partial charge in [-0.15, -0.1) is 0 Å². The van der Waals surface area contributed by atoms with Gasteiger partial charge in [0.05, 0.1) is 6.61 Å². The van der Waals surface area contributed by atoms with Crippen LogP contribution in [-0.4, -0.2) is 23.8 Å². The van der Waals surface area contributed by atoms with Crippen molar-refractivity contribution < 1.29 is 4.74 Å². The lowest BCUT2D eigenvalue weighted by atomic mass is 10.1. The van der Waals surface area contributed by atoms with Crippen LogP contribution < -0.4 is 5.32 Å². The zero-order valence-electron chi connectivity index (χ0n) is 11.3. The summed E-state index contributed by atoms with van der Waals surface area (Å²) in [6.45, 7) is 7.63. The molecule has 0 aliphatic heterocycles. The van der Waals surface area contributed by atoms with Crippen LogP contribution in [0.4, 0.5) is 0 Å². The Morgan fingerprint density at radius 2 is 2.18 bits per heavy atom. The number of ether oxygens (including phenoxy) is 1. The van der Waals surface area contributed by atoms with Gasteiger partial charge in [0.25, 0.3) is 0 Å². The Labute approximate surface area is 103 Å². The summed E-state index contributed by atoms with van der Waals surface area (Å²) in [5.41, 5.74) is 2.92. The van der Waals surface area contributed by atoms with Gasteiger partial charge < -0.3 is 14.6 Å². The third kappa shape index (κ3) is 3.32.